The summed E-state index contributed by atoms with van der Waals surface area (Å²) in [7, 11) is 2.00. The van der Waals surface area contributed by atoms with Crippen molar-refractivity contribution in [3.8, 4) is 0 Å². The molecule has 3 N–H and O–H groups in total. The molecule has 0 spiro atoms. The van der Waals surface area contributed by atoms with E-state index in [-0.39, 0.29) is 6.04 Å². The fourth-order valence-corrected chi connectivity index (χ4v) is 2.54. The molecule has 106 valence electrons. The Morgan fingerprint density at radius 2 is 1.40 bits per heavy atom. The second-order valence-corrected chi connectivity index (χ2v) is 5.16. The molecule has 0 heterocycles. The summed E-state index contributed by atoms with van der Waals surface area (Å²) >= 11 is 0. The van der Waals surface area contributed by atoms with Crippen molar-refractivity contribution in [2.24, 2.45) is 5.73 Å². The molecule has 0 bridgehead atoms. The molecule has 0 fully saturated rings. The minimum absolute atomic E-state index is 0.234. The van der Waals surface area contributed by atoms with Gasteiger partial charge in [0.1, 0.15) is 0 Å². The molecule has 0 aliphatic heterocycles. The maximum Gasteiger partial charge on any atom is 0.0574 e. The Hall–Kier alpha value is -1.64. The van der Waals surface area contributed by atoms with E-state index in [9.17, 15) is 0 Å². The summed E-state index contributed by atoms with van der Waals surface area (Å²) in [5.74, 6) is 0. The third-order valence-corrected chi connectivity index (χ3v) is 3.69. The van der Waals surface area contributed by atoms with Gasteiger partial charge in [0.05, 0.1) is 6.04 Å². The SMILES string of the molecule is CCCc1ccc(C(NC)c2ccc(CN)cc2)cc1. The number of benzene rings is 2. The molecule has 20 heavy (non-hydrogen) atoms. The zero-order chi connectivity index (χ0) is 14.4. The second-order valence-electron chi connectivity index (χ2n) is 5.16. The molecule has 0 aliphatic carbocycles. The normalized spacial score (nSPS) is 12.3. The molecule has 2 aromatic rings. The van der Waals surface area contributed by atoms with Crippen LogP contribution >= 0.6 is 0 Å². The van der Waals surface area contributed by atoms with Gasteiger partial charge in [-0.1, -0.05) is 61.9 Å². The lowest BCUT2D eigenvalue weighted by Gasteiger charge is -2.18. The molecule has 2 nitrogen and oxygen atoms in total. The highest BCUT2D eigenvalue weighted by Crippen LogP contribution is 2.22. The monoisotopic (exact) mass is 268 g/mol. The predicted octanol–water partition coefficient (Wildman–Crippen LogP) is 3.41. The zero-order valence-corrected chi connectivity index (χ0v) is 12.4. The molecule has 0 aliphatic rings. The first-order chi connectivity index (χ1) is 9.78. The number of aryl methyl sites for hydroxylation is 1. The van der Waals surface area contributed by atoms with Gasteiger partial charge >= 0.3 is 0 Å². The van der Waals surface area contributed by atoms with E-state index >= 15 is 0 Å². The van der Waals surface area contributed by atoms with Crippen LogP contribution in [0.2, 0.25) is 0 Å². The molecule has 1 unspecified atom stereocenters. The van der Waals surface area contributed by atoms with Gasteiger partial charge in [-0.25, -0.2) is 0 Å². The lowest BCUT2D eigenvalue weighted by Crippen LogP contribution is -2.17. The van der Waals surface area contributed by atoms with Crippen molar-refractivity contribution in [3.63, 3.8) is 0 Å². The summed E-state index contributed by atoms with van der Waals surface area (Å²) in [6.45, 7) is 2.81. The van der Waals surface area contributed by atoms with E-state index in [1.807, 2.05) is 7.05 Å². The highest BCUT2D eigenvalue weighted by Gasteiger charge is 2.11. The standard InChI is InChI=1S/C18H24N2/c1-3-4-14-5-9-16(10-6-14)18(20-2)17-11-7-15(13-19)8-12-17/h5-12,18,20H,3-4,13,19H2,1-2H3. The quantitative estimate of drug-likeness (QED) is 0.842. The van der Waals surface area contributed by atoms with E-state index in [1.165, 1.54) is 28.7 Å². The first-order valence-corrected chi connectivity index (χ1v) is 7.33. The van der Waals surface area contributed by atoms with E-state index in [0.717, 1.165) is 6.42 Å². The van der Waals surface area contributed by atoms with Gasteiger partial charge in [0, 0.05) is 6.54 Å². The minimum Gasteiger partial charge on any atom is -0.326 e. The minimum atomic E-state index is 0.234. The van der Waals surface area contributed by atoms with E-state index in [4.69, 9.17) is 5.73 Å². The summed E-state index contributed by atoms with van der Waals surface area (Å²) in [6.07, 6.45) is 2.34. The molecular formula is C18H24N2. The van der Waals surface area contributed by atoms with Gasteiger partial charge < -0.3 is 11.1 Å². The van der Waals surface area contributed by atoms with Gasteiger partial charge in [-0.05, 0) is 35.7 Å². The third kappa shape index (κ3) is 3.47. The summed E-state index contributed by atoms with van der Waals surface area (Å²) in [6, 6.07) is 17.7. The van der Waals surface area contributed by atoms with Gasteiger partial charge in [0.15, 0.2) is 0 Å². The molecule has 1 atom stereocenters. The maximum absolute atomic E-state index is 5.65. The molecule has 2 heteroatoms. The van der Waals surface area contributed by atoms with Crippen LogP contribution in [-0.2, 0) is 13.0 Å². The smallest absolute Gasteiger partial charge is 0.0574 e. The third-order valence-electron chi connectivity index (χ3n) is 3.69. The largest absolute Gasteiger partial charge is 0.326 e. The Kier molecular flexibility index (Phi) is 5.33. The number of nitrogens with two attached hydrogens (primary N) is 1. The Labute approximate surface area is 122 Å². The van der Waals surface area contributed by atoms with E-state index in [2.05, 4.69) is 60.8 Å². The zero-order valence-electron chi connectivity index (χ0n) is 12.4. The molecule has 0 amide bonds. The topological polar surface area (TPSA) is 38.0 Å². The summed E-state index contributed by atoms with van der Waals surface area (Å²) in [5, 5.41) is 3.39. The lowest BCUT2D eigenvalue weighted by atomic mass is 9.96. The van der Waals surface area contributed by atoms with Gasteiger partial charge in [0.25, 0.3) is 0 Å². The van der Waals surface area contributed by atoms with Crippen LogP contribution in [0.1, 0.15) is 41.6 Å². The van der Waals surface area contributed by atoms with Gasteiger partial charge in [-0.3, -0.25) is 0 Å². The Morgan fingerprint density at radius 1 is 0.900 bits per heavy atom. The Morgan fingerprint density at radius 3 is 1.80 bits per heavy atom. The Balaban J connectivity index is 2.21. The fourth-order valence-electron chi connectivity index (χ4n) is 2.54. The van der Waals surface area contributed by atoms with E-state index in [0.29, 0.717) is 6.54 Å². The number of nitrogens with one attached hydrogen (secondary N) is 1. The first kappa shape index (κ1) is 14.8. The molecule has 0 saturated heterocycles. The number of hydrogen-bond acceptors (Lipinski definition) is 2. The lowest BCUT2D eigenvalue weighted by molar-refractivity contribution is 0.691. The summed E-state index contributed by atoms with van der Waals surface area (Å²) < 4.78 is 0. The van der Waals surface area contributed by atoms with Crippen molar-refractivity contribution in [2.75, 3.05) is 7.05 Å². The molecule has 2 aromatic carbocycles. The van der Waals surface area contributed by atoms with Crippen LogP contribution in [0.15, 0.2) is 48.5 Å². The predicted molar refractivity (Wildman–Crippen MR) is 85.7 cm³/mol. The van der Waals surface area contributed by atoms with Crippen LogP contribution in [0.25, 0.3) is 0 Å². The molecule has 0 saturated carbocycles. The summed E-state index contributed by atoms with van der Waals surface area (Å²) in [5.41, 5.74) is 10.8. The van der Waals surface area contributed by atoms with E-state index < -0.39 is 0 Å². The van der Waals surface area contributed by atoms with Crippen molar-refractivity contribution >= 4 is 0 Å². The van der Waals surface area contributed by atoms with Crippen LogP contribution < -0.4 is 11.1 Å². The van der Waals surface area contributed by atoms with Crippen molar-refractivity contribution < 1.29 is 0 Å². The van der Waals surface area contributed by atoms with Crippen LogP contribution in [0.5, 0.6) is 0 Å². The highest BCUT2D eigenvalue weighted by atomic mass is 14.9. The van der Waals surface area contributed by atoms with Crippen molar-refractivity contribution in [1.29, 1.82) is 0 Å². The first-order valence-electron chi connectivity index (χ1n) is 7.33. The number of rotatable bonds is 6. The van der Waals surface area contributed by atoms with Gasteiger partial charge in [0.2, 0.25) is 0 Å². The maximum atomic E-state index is 5.65. The van der Waals surface area contributed by atoms with Crippen molar-refractivity contribution in [3.05, 3.63) is 70.8 Å². The average Bonchev–Trinajstić information content (AvgIpc) is 2.51. The molecule has 2 rings (SSSR count). The number of hydrogen-bond donors (Lipinski definition) is 2. The van der Waals surface area contributed by atoms with Crippen LogP contribution in [0, 0.1) is 0 Å². The summed E-state index contributed by atoms with van der Waals surface area (Å²) in [4.78, 5) is 0. The average molecular weight is 268 g/mol. The van der Waals surface area contributed by atoms with Crippen LogP contribution in [-0.4, -0.2) is 7.05 Å². The molecule has 0 radical (unpaired) electrons. The second kappa shape index (κ2) is 7.22. The Bertz CT molecular complexity index is 514. The van der Waals surface area contributed by atoms with Crippen molar-refractivity contribution in [2.45, 2.75) is 32.4 Å². The fraction of sp³-hybridized carbons (Fsp3) is 0.333. The van der Waals surface area contributed by atoms with Crippen molar-refractivity contribution in [1.82, 2.24) is 5.32 Å². The molecule has 0 aromatic heterocycles. The highest BCUT2D eigenvalue weighted by molar-refractivity contribution is 5.35. The molecular weight excluding hydrogens is 244 g/mol. The van der Waals surface area contributed by atoms with Gasteiger partial charge in [-0.2, -0.15) is 0 Å². The van der Waals surface area contributed by atoms with Crippen LogP contribution in [0.4, 0.5) is 0 Å². The van der Waals surface area contributed by atoms with Gasteiger partial charge in [-0.15, -0.1) is 0 Å². The van der Waals surface area contributed by atoms with E-state index in [1.54, 1.807) is 0 Å². The van der Waals surface area contributed by atoms with Crippen LogP contribution in [0.3, 0.4) is 0 Å².